The van der Waals surface area contributed by atoms with E-state index in [9.17, 15) is 4.79 Å². The number of aryl methyl sites for hydroxylation is 2. The first-order chi connectivity index (χ1) is 16.6. The third-order valence-corrected chi connectivity index (χ3v) is 6.62. The highest BCUT2D eigenvalue weighted by atomic mass is 16.5. The zero-order valence-electron chi connectivity index (χ0n) is 19.8. The molecule has 1 atom stereocenters. The van der Waals surface area contributed by atoms with Crippen LogP contribution < -0.4 is 10.1 Å². The van der Waals surface area contributed by atoms with Crippen LogP contribution in [0.3, 0.4) is 0 Å². The van der Waals surface area contributed by atoms with E-state index in [-0.39, 0.29) is 12.0 Å². The summed E-state index contributed by atoms with van der Waals surface area (Å²) in [5, 5.41) is 2.77. The molecule has 0 spiro atoms. The molecule has 174 valence electrons. The number of nitrogens with zero attached hydrogens (tertiary/aromatic N) is 2. The number of nitrogens with one attached hydrogen (secondary N) is 1. The second kappa shape index (κ2) is 9.31. The smallest absolute Gasteiger partial charge is 0.251 e. The molecular weight excluding hydrogens is 426 g/mol. The third-order valence-electron chi connectivity index (χ3n) is 6.62. The van der Waals surface area contributed by atoms with Crippen LogP contribution in [-0.2, 0) is 31.4 Å². The van der Waals surface area contributed by atoms with Crippen LogP contribution in [0, 0.1) is 6.92 Å². The predicted molar refractivity (Wildman–Crippen MR) is 132 cm³/mol. The number of hydrogen-bond donors (Lipinski definition) is 1. The molecule has 1 amide bonds. The molecule has 0 unspecified atom stereocenters. The van der Waals surface area contributed by atoms with E-state index in [4.69, 9.17) is 14.5 Å². The zero-order chi connectivity index (χ0) is 23.7. The van der Waals surface area contributed by atoms with Gasteiger partial charge in [0.1, 0.15) is 17.4 Å². The second-order valence-electron chi connectivity index (χ2n) is 8.72. The van der Waals surface area contributed by atoms with Gasteiger partial charge in [0.05, 0.1) is 18.7 Å². The monoisotopic (exact) mass is 455 g/mol. The molecule has 34 heavy (non-hydrogen) atoms. The lowest BCUT2D eigenvalue weighted by Gasteiger charge is -2.29. The van der Waals surface area contributed by atoms with Gasteiger partial charge in [-0.25, -0.2) is 4.98 Å². The van der Waals surface area contributed by atoms with E-state index < -0.39 is 0 Å². The van der Waals surface area contributed by atoms with Gasteiger partial charge in [-0.15, -0.1) is 0 Å². The van der Waals surface area contributed by atoms with Gasteiger partial charge >= 0.3 is 0 Å². The molecular formula is C28H29N3O3. The van der Waals surface area contributed by atoms with Gasteiger partial charge in [-0.05, 0) is 42.5 Å². The Morgan fingerprint density at radius 1 is 1.15 bits per heavy atom. The van der Waals surface area contributed by atoms with Crippen molar-refractivity contribution in [2.45, 2.75) is 39.1 Å². The molecule has 6 nitrogen and oxygen atoms in total. The molecule has 4 aromatic rings. The minimum absolute atomic E-state index is 0.103. The van der Waals surface area contributed by atoms with Crippen molar-refractivity contribution in [2.75, 3.05) is 7.05 Å². The van der Waals surface area contributed by atoms with Crippen molar-refractivity contribution in [1.82, 2.24) is 14.9 Å². The third kappa shape index (κ3) is 4.05. The summed E-state index contributed by atoms with van der Waals surface area (Å²) in [6.07, 6.45) is 1.40. The first-order valence-corrected chi connectivity index (χ1v) is 11.6. The molecule has 1 N–H and O–H groups in total. The van der Waals surface area contributed by atoms with E-state index in [2.05, 4.69) is 29.6 Å². The van der Waals surface area contributed by atoms with Crippen LogP contribution in [0.15, 0.2) is 60.7 Å². The summed E-state index contributed by atoms with van der Waals surface area (Å²) in [6.45, 7) is 3.03. The molecule has 0 fully saturated rings. The van der Waals surface area contributed by atoms with E-state index in [1.165, 1.54) is 0 Å². The van der Waals surface area contributed by atoms with E-state index in [1.807, 2.05) is 54.9 Å². The van der Waals surface area contributed by atoms with Crippen LogP contribution in [0.25, 0.3) is 11.0 Å². The number of carbonyl (C=O) groups excluding carboxylic acids is 1. The number of benzene rings is 3. The lowest BCUT2D eigenvalue weighted by Crippen LogP contribution is -2.24. The number of hydrogen-bond acceptors (Lipinski definition) is 4. The number of carbonyl (C=O) groups is 1. The van der Waals surface area contributed by atoms with Crippen molar-refractivity contribution >= 4 is 16.9 Å². The molecule has 6 heteroatoms. The van der Waals surface area contributed by atoms with Gasteiger partial charge in [0, 0.05) is 25.2 Å². The molecule has 1 aliphatic heterocycles. The van der Waals surface area contributed by atoms with E-state index in [0.717, 1.165) is 57.7 Å². The summed E-state index contributed by atoms with van der Waals surface area (Å²) in [5.74, 6) is 1.50. The van der Waals surface area contributed by atoms with Crippen molar-refractivity contribution in [1.29, 1.82) is 0 Å². The summed E-state index contributed by atoms with van der Waals surface area (Å²) in [7, 11) is 3.62. The highest BCUT2D eigenvalue weighted by molar-refractivity contribution is 6.01. The topological polar surface area (TPSA) is 65.4 Å². The fourth-order valence-electron chi connectivity index (χ4n) is 4.69. The second-order valence-corrected chi connectivity index (χ2v) is 8.72. The van der Waals surface area contributed by atoms with Crippen molar-refractivity contribution in [2.24, 2.45) is 7.05 Å². The minimum atomic E-state index is -0.130. The summed E-state index contributed by atoms with van der Waals surface area (Å²) < 4.78 is 14.7. The first kappa shape index (κ1) is 22.2. The molecule has 1 aliphatic rings. The maximum Gasteiger partial charge on any atom is 0.251 e. The van der Waals surface area contributed by atoms with Gasteiger partial charge < -0.3 is 19.4 Å². The molecule has 0 saturated carbocycles. The Bertz CT molecular complexity index is 1340. The Morgan fingerprint density at radius 2 is 1.91 bits per heavy atom. The highest BCUT2D eigenvalue weighted by Crippen LogP contribution is 2.42. The maximum atomic E-state index is 12.7. The van der Waals surface area contributed by atoms with Crippen LogP contribution in [0.5, 0.6) is 5.75 Å². The van der Waals surface area contributed by atoms with Crippen LogP contribution in [-0.4, -0.2) is 22.5 Å². The fraction of sp³-hybridized carbons (Fsp3) is 0.286. The number of amides is 1. The van der Waals surface area contributed by atoms with Crippen LogP contribution in [0.2, 0.25) is 0 Å². The van der Waals surface area contributed by atoms with Crippen LogP contribution >= 0.6 is 0 Å². The van der Waals surface area contributed by atoms with E-state index >= 15 is 0 Å². The van der Waals surface area contributed by atoms with E-state index in [1.54, 1.807) is 7.05 Å². The number of imidazole rings is 1. The summed E-state index contributed by atoms with van der Waals surface area (Å²) >= 11 is 0. The van der Waals surface area contributed by atoms with Crippen molar-refractivity contribution in [3.05, 3.63) is 94.3 Å². The highest BCUT2D eigenvalue weighted by Gasteiger charge is 2.30. The summed E-state index contributed by atoms with van der Waals surface area (Å²) in [6, 6.07) is 20.4. The summed E-state index contributed by atoms with van der Waals surface area (Å²) in [4.78, 5) is 17.4. The molecule has 2 heterocycles. The minimum Gasteiger partial charge on any atom is -0.483 e. The standard InChI is InChI=1S/C28H29N3O3/c1-18-30-26-24(31(18)3)15-23(28(32)29-2)22-13-14-25(34-27(22)26)21-12-8-7-11-20(21)17-33-16-19-9-5-4-6-10-19/h4-12,15,25H,13-14,16-17H2,1-3H3,(H,29,32)/t25-/m0/s1. The van der Waals surface area contributed by atoms with Crippen molar-refractivity contribution in [3.8, 4) is 5.75 Å². The zero-order valence-corrected chi connectivity index (χ0v) is 19.8. The quantitative estimate of drug-likeness (QED) is 0.443. The maximum absolute atomic E-state index is 12.7. The molecule has 3 aromatic carbocycles. The largest absolute Gasteiger partial charge is 0.483 e. The lowest BCUT2D eigenvalue weighted by molar-refractivity contribution is 0.0958. The Hall–Kier alpha value is -3.64. The first-order valence-electron chi connectivity index (χ1n) is 11.6. The molecule has 1 aromatic heterocycles. The van der Waals surface area contributed by atoms with Gasteiger partial charge in [-0.2, -0.15) is 0 Å². The van der Waals surface area contributed by atoms with Gasteiger partial charge in [-0.3, -0.25) is 4.79 Å². The molecule has 0 radical (unpaired) electrons. The molecule has 0 saturated heterocycles. The van der Waals surface area contributed by atoms with Gasteiger partial charge in [-0.1, -0.05) is 54.6 Å². The molecule has 0 bridgehead atoms. The lowest BCUT2D eigenvalue weighted by atomic mass is 9.91. The molecule has 0 aliphatic carbocycles. The fourth-order valence-corrected chi connectivity index (χ4v) is 4.69. The normalized spacial score (nSPS) is 15.1. The average molecular weight is 456 g/mol. The number of aromatic nitrogens is 2. The van der Waals surface area contributed by atoms with Crippen molar-refractivity contribution in [3.63, 3.8) is 0 Å². The molecule has 5 rings (SSSR count). The van der Waals surface area contributed by atoms with Crippen LogP contribution in [0.4, 0.5) is 0 Å². The Labute approximate surface area is 199 Å². The Morgan fingerprint density at radius 3 is 2.71 bits per heavy atom. The summed E-state index contributed by atoms with van der Waals surface area (Å²) in [5.41, 5.74) is 6.68. The van der Waals surface area contributed by atoms with Gasteiger partial charge in [0.2, 0.25) is 0 Å². The van der Waals surface area contributed by atoms with Crippen molar-refractivity contribution < 1.29 is 14.3 Å². The number of ether oxygens (including phenoxy) is 2. The number of rotatable bonds is 6. The van der Waals surface area contributed by atoms with Gasteiger partial charge in [0.15, 0.2) is 5.75 Å². The van der Waals surface area contributed by atoms with E-state index in [0.29, 0.717) is 18.8 Å². The predicted octanol–water partition coefficient (Wildman–Crippen LogP) is 5.02. The average Bonchev–Trinajstić information content (AvgIpc) is 3.17. The van der Waals surface area contributed by atoms with Gasteiger partial charge in [0.25, 0.3) is 5.91 Å². The Kier molecular flexibility index (Phi) is 6.07. The van der Waals surface area contributed by atoms with Crippen LogP contribution in [0.1, 0.15) is 51.0 Å². The SMILES string of the molecule is CNC(=O)c1cc2c(nc(C)n2C)c2c1CC[C@@H](c1ccccc1COCc1ccccc1)O2. The number of fused-ring (bicyclic) bond motifs is 3. The Balaban J connectivity index is 1.46.